The molecule has 124 valence electrons. The van der Waals surface area contributed by atoms with Crippen LogP contribution in [0.5, 0.6) is 0 Å². The summed E-state index contributed by atoms with van der Waals surface area (Å²) in [4.78, 5) is 12.4. The number of para-hydroxylation sites is 1. The van der Waals surface area contributed by atoms with Gasteiger partial charge in [-0.15, -0.1) is 0 Å². The number of nitrogens with one attached hydrogen (secondary N) is 1. The maximum Gasteiger partial charge on any atom is 0.272 e. The van der Waals surface area contributed by atoms with Crippen LogP contribution < -0.4 is 5.32 Å². The Morgan fingerprint density at radius 1 is 1.43 bits per heavy atom. The first-order valence-electron chi connectivity index (χ1n) is 7.22. The van der Waals surface area contributed by atoms with Crippen LogP contribution in [0.1, 0.15) is 23.8 Å². The van der Waals surface area contributed by atoms with Crippen LogP contribution in [0, 0.1) is 0 Å². The zero-order chi connectivity index (χ0) is 16.9. The van der Waals surface area contributed by atoms with Gasteiger partial charge in [0.05, 0.1) is 22.9 Å². The van der Waals surface area contributed by atoms with Gasteiger partial charge >= 0.3 is 0 Å². The second kappa shape index (κ2) is 7.59. The topological polar surface area (TPSA) is 76.4 Å². The number of benzene rings is 1. The van der Waals surface area contributed by atoms with E-state index in [1.807, 2.05) is 25.1 Å². The summed E-state index contributed by atoms with van der Waals surface area (Å²) in [7, 11) is 1.55. The predicted octanol–water partition coefficient (Wildman–Crippen LogP) is 2.04. The Kier molecular flexibility index (Phi) is 5.76. The molecule has 0 bridgehead atoms. The Labute approximate surface area is 140 Å². The van der Waals surface area contributed by atoms with E-state index in [2.05, 4.69) is 10.4 Å². The first-order valence-corrected chi connectivity index (χ1v) is 7.60. The highest BCUT2D eigenvalue weighted by Crippen LogP contribution is 2.19. The lowest BCUT2D eigenvalue weighted by atomic mass is 9.99. The molecule has 1 unspecified atom stereocenters. The molecule has 0 saturated carbocycles. The fourth-order valence-corrected chi connectivity index (χ4v) is 2.51. The second-order valence-electron chi connectivity index (χ2n) is 5.52. The van der Waals surface area contributed by atoms with Gasteiger partial charge in [0.2, 0.25) is 0 Å². The maximum absolute atomic E-state index is 12.4. The molecular formula is C16H20ClN3O3. The maximum atomic E-state index is 12.4. The molecule has 2 aromatic rings. The number of hydrogen-bond acceptors (Lipinski definition) is 4. The number of hydrogen-bond donors (Lipinski definition) is 2. The Hall–Kier alpha value is -1.89. The summed E-state index contributed by atoms with van der Waals surface area (Å²) in [6, 6.07) is 8.87. The molecule has 0 saturated heterocycles. The van der Waals surface area contributed by atoms with Gasteiger partial charge in [-0.1, -0.05) is 23.7 Å². The van der Waals surface area contributed by atoms with Crippen molar-refractivity contribution in [3.63, 3.8) is 0 Å². The van der Waals surface area contributed by atoms with Crippen LogP contribution in [0.25, 0.3) is 5.69 Å². The molecule has 0 aliphatic rings. The Balaban J connectivity index is 2.17. The predicted molar refractivity (Wildman–Crippen MR) is 88.0 cm³/mol. The van der Waals surface area contributed by atoms with Gasteiger partial charge in [-0.3, -0.25) is 4.79 Å². The summed E-state index contributed by atoms with van der Waals surface area (Å²) in [5.41, 5.74) is 0.308. The highest BCUT2D eigenvalue weighted by atomic mass is 35.5. The zero-order valence-corrected chi connectivity index (χ0v) is 13.9. The number of aromatic nitrogens is 2. The SMILES string of the molecule is COCC(C)(CCO)NC(=O)c1ccn(-c2ccccc2Cl)n1. The quantitative estimate of drug-likeness (QED) is 0.810. The first kappa shape index (κ1) is 17.5. The molecular weight excluding hydrogens is 318 g/mol. The minimum absolute atomic E-state index is 0.0474. The van der Waals surface area contributed by atoms with E-state index in [1.165, 1.54) is 0 Å². The molecule has 1 heterocycles. The molecule has 1 atom stereocenters. The highest BCUT2D eigenvalue weighted by Gasteiger charge is 2.27. The van der Waals surface area contributed by atoms with Crippen molar-refractivity contribution in [1.29, 1.82) is 0 Å². The average Bonchev–Trinajstić information content (AvgIpc) is 2.97. The normalized spacial score (nSPS) is 13.6. The largest absolute Gasteiger partial charge is 0.396 e. The fourth-order valence-electron chi connectivity index (χ4n) is 2.29. The van der Waals surface area contributed by atoms with Gasteiger partial charge in [-0.05, 0) is 31.5 Å². The zero-order valence-electron chi connectivity index (χ0n) is 13.1. The van der Waals surface area contributed by atoms with Crippen molar-refractivity contribution in [3.8, 4) is 5.69 Å². The summed E-state index contributed by atoms with van der Waals surface area (Å²) < 4.78 is 6.67. The van der Waals surface area contributed by atoms with Gasteiger partial charge in [0.1, 0.15) is 0 Å². The molecule has 1 amide bonds. The number of halogens is 1. The minimum atomic E-state index is -0.658. The molecule has 1 aromatic carbocycles. The molecule has 0 radical (unpaired) electrons. The molecule has 7 heteroatoms. The fraction of sp³-hybridized carbons (Fsp3) is 0.375. The van der Waals surface area contributed by atoms with Gasteiger partial charge in [0.15, 0.2) is 5.69 Å². The second-order valence-corrected chi connectivity index (χ2v) is 5.93. The van der Waals surface area contributed by atoms with E-state index < -0.39 is 5.54 Å². The summed E-state index contributed by atoms with van der Waals surface area (Å²) in [5.74, 6) is -0.330. The third kappa shape index (κ3) is 4.31. The minimum Gasteiger partial charge on any atom is -0.396 e. The van der Waals surface area contributed by atoms with Crippen LogP contribution in [-0.2, 0) is 4.74 Å². The number of aliphatic hydroxyl groups is 1. The van der Waals surface area contributed by atoms with E-state index in [9.17, 15) is 4.79 Å². The van der Waals surface area contributed by atoms with Crippen molar-refractivity contribution < 1.29 is 14.6 Å². The molecule has 6 nitrogen and oxygen atoms in total. The van der Waals surface area contributed by atoms with Crippen molar-refractivity contribution in [2.75, 3.05) is 20.3 Å². The standard InChI is InChI=1S/C16H20ClN3O3/c1-16(8-10-21,11-23-2)18-15(22)13-7-9-20(19-13)14-6-4-3-5-12(14)17/h3-7,9,21H,8,10-11H2,1-2H3,(H,18,22). The molecule has 2 rings (SSSR count). The lowest BCUT2D eigenvalue weighted by Crippen LogP contribution is -2.50. The highest BCUT2D eigenvalue weighted by molar-refractivity contribution is 6.32. The van der Waals surface area contributed by atoms with Crippen LogP contribution in [0.2, 0.25) is 5.02 Å². The summed E-state index contributed by atoms with van der Waals surface area (Å²) in [6.45, 7) is 2.06. The molecule has 0 spiro atoms. The number of carbonyl (C=O) groups is 1. The van der Waals surface area contributed by atoms with E-state index in [0.29, 0.717) is 23.7 Å². The Bertz CT molecular complexity index is 666. The van der Waals surface area contributed by atoms with Crippen LogP contribution >= 0.6 is 11.6 Å². The van der Waals surface area contributed by atoms with Crippen molar-refractivity contribution in [2.45, 2.75) is 18.9 Å². The lowest BCUT2D eigenvalue weighted by Gasteiger charge is -2.29. The molecule has 0 aliphatic heterocycles. The number of rotatable bonds is 7. The van der Waals surface area contributed by atoms with Crippen molar-refractivity contribution in [3.05, 3.63) is 47.2 Å². The Morgan fingerprint density at radius 3 is 2.83 bits per heavy atom. The third-order valence-corrected chi connectivity index (χ3v) is 3.78. The first-order chi connectivity index (χ1) is 11.0. The van der Waals surface area contributed by atoms with Gasteiger partial charge in [0.25, 0.3) is 5.91 Å². The van der Waals surface area contributed by atoms with E-state index in [1.54, 1.807) is 30.1 Å². The summed E-state index contributed by atoms with van der Waals surface area (Å²) in [5, 5.41) is 16.8. The lowest BCUT2D eigenvalue weighted by molar-refractivity contribution is 0.0721. The molecule has 0 fully saturated rings. The number of ether oxygens (including phenoxy) is 1. The van der Waals surface area contributed by atoms with E-state index in [0.717, 1.165) is 0 Å². The summed E-state index contributed by atoms with van der Waals surface area (Å²) in [6.07, 6.45) is 2.06. The van der Waals surface area contributed by atoms with E-state index >= 15 is 0 Å². The smallest absolute Gasteiger partial charge is 0.272 e. The molecule has 1 aromatic heterocycles. The monoisotopic (exact) mass is 337 g/mol. The molecule has 2 N–H and O–H groups in total. The molecule has 0 aliphatic carbocycles. The average molecular weight is 338 g/mol. The van der Waals surface area contributed by atoms with Crippen molar-refractivity contribution >= 4 is 17.5 Å². The van der Waals surface area contributed by atoms with Crippen molar-refractivity contribution in [1.82, 2.24) is 15.1 Å². The van der Waals surface area contributed by atoms with Crippen LogP contribution in [0.3, 0.4) is 0 Å². The summed E-state index contributed by atoms with van der Waals surface area (Å²) >= 11 is 6.13. The number of methoxy groups -OCH3 is 1. The van der Waals surface area contributed by atoms with E-state index in [-0.39, 0.29) is 18.2 Å². The van der Waals surface area contributed by atoms with Crippen molar-refractivity contribution in [2.24, 2.45) is 0 Å². The van der Waals surface area contributed by atoms with Gasteiger partial charge in [-0.25, -0.2) is 4.68 Å². The van der Waals surface area contributed by atoms with Gasteiger partial charge < -0.3 is 15.2 Å². The van der Waals surface area contributed by atoms with Crippen LogP contribution in [0.15, 0.2) is 36.5 Å². The van der Waals surface area contributed by atoms with E-state index in [4.69, 9.17) is 21.4 Å². The number of nitrogens with zero attached hydrogens (tertiary/aromatic N) is 2. The number of carbonyl (C=O) groups excluding carboxylic acids is 1. The third-order valence-electron chi connectivity index (χ3n) is 3.46. The van der Waals surface area contributed by atoms with Gasteiger partial charge in [-0.2, -0.15) is 5.10 Å². The molecule has 23 heavy (non-hydrogen) atoms. The van der Waals surface area contributed by atoms with Crippen LogP contribution in [-0.4, -0.2) is 46.7 Å². The van der Waals surface area contributed by atoms with Gasteiger partial charge in [0, 0.05) is 19.9 Å². The number of aliphatic hydroxyl groups excluding tert-OH is 1. The van der Waals surface area contributed by atoms with Crippen LogP contribution in [0.4, 0.5) is 0 Å². The number of amides is 1. The Morgan fingerprint density at radius 2 is 2.17 bits per heavy atom.